The Hall–Kier alpha value is -2.54. The van der Waals surface area contributed by atoms with Gasteiger partial charge in [-0.1, -0.05) is 23.8 Å². The molecule has 0 heterocycles. The predicted molar refractivity (Wildman–Crippen MR) is 99.3 cm³/mol. The predicted octanol–water partition coefficient (Wildman–Crippen LogP) is 2.66. The molecule has 6 nitrogen and oxygen atoms in total. The molecule has 0 bridgehead atoms. The molecular weight excluding hydrogens is 354 g/mol. The lowest BCUT2D eigenvalue weighted by Gasteiger charge is -2.18. The summed E-state index contributed by atoms with van der Waals surface area (Å²) in [5, 5.41) is 2.85. The van der Waals surface area contributed by atoms with Crippen LogP contribution in [0.1, 0.15) is 24.1 Å². The Morgan fingerprint density at radius 2 is 1.92 bits per heavy atom. The maximum absolute atomic E-state index is 12.2. The van der Waals surface area contributed by atoms with Gasteiger partial charge >= 0.3 is 0 Å². The molecule has 2 aromatic carbocycles. The number of sulfone groups is 1. The molecule has 0 aromatic heterocycles. The number of methoxy groups -OCH3 is 1. The fraction of sp³-hybridized carbons (Fsp3) is 0.316. The molecule has 1 N–H and O–H groups in total. The molecule has 0 aliphatic heterocycles. The van der Waals surface area contributed by atoms with Gasteiger partial charge < -0.3 is 14.8 Å². The summed E-state index contributed by atoms with van der Waals surface area (Å²) in [6.07, 6.45) is 1.12. The first-order valence-corrected chi connectivity index (χ1v) is 9.96. The first-order valence-electron chi connectivity index (χ1n) is 8.07. The molecule has 0 spiro atoms. The topological polar surface area (TPSA) is 81.7 Å². The van der Waals surface area contributed by atoms with Gasteiger partial charge in [0.15, 0.2) is 16.4 Å². The van der Waals surface area contributed by atoms with Gasteiger partial charge in [0.1, 0.15) is 11.5 Å². The highest BCUT2D eigenvalue weighted by atomic mass is 32.2. The van der Waals surface area contributed by atoms with Crippen molar-refractivity contribution < 1.29 is 22.7 Å². The van der Waals surface area contributed by atoms with E-state index in [9.17, 15) is 13.2 Å². The van der Waals surface area contributed by atoms with Crippen LogP contribution in [0.4, 0.5) is 0 Å². The fourth-order valence-electron chi connectivity index (χ4n) is 2.50. The number of amides is 1. The number of nitrogens with one attached hydrogen (secondary N) is 1. The van der Waals surface area contributed by atoms with Crippen molar-refractivity contribution in [2.24, 2.45) is 0 Å². The summed E-state index contributed by atoms with van der Waals surface area (Å²) in [6.45, 7) is 3.61. The first kappa shape index (κ1) is 19.8. The van der Waals surface area contributed by atoms with E-state index in [1.54, 1.807) is 19.2 Å². The van der Waals surface area contributed by atoms with Crippen LogP contribution in [0.15, 0.2) is 47.4 Å². The second-order valence-corrected chi connectivity index (χ2v) is 8.09. The van der Waals surface area contributed by atoms with Crippen molar-refractivity contribution in [3.8, 4) is 11.5 Å². The SMILES string of the molecule is COc1ccc(C)cc1[C@@H](C)NC(=O)COc1cccc(S(C)(=O)=O)c1. The molecule has 140 valence electrons. The van der Waals surface area contributed by atoms with Crippen molar-refractivity contribution >= 4 is 15.7 Å². The summed E-state index contributed by atoms with van der Waals surface area (Å²) < 4.78 is 33.9. The second kappa shape index (κ2) is 8.23. The van der Waals surface area contributed by atoms with E-state index >= 15 is 0 Å². The Bertz CT molecular complexity index is 893. The number of hydrogen-bond donors (Lipinski definition) is 1. The normalized spacial score (nSPS) is 12.3. The molecule has 0 radical (unpaired) electrons. The van der Waals surface area contributed by atoms with Gasteiger partial charge in [0.2, 0.25) is 0 Å². The van der Waals surface area contributed by atoms with Crippen molar-refractivity contribution in [2.45, 2.75) is 24.8 Å². The number of carbonyl (C=O) groups excluding carboxylic acids is 1. The maximum atomic E-state index is 12.2. The van der Waals surface area contributed by atoms with Crippen molar-refractivity contribution in [1.82, 2.24) is 5.32 Å². The highest BCUT2D eigenvalue weighted by Crippen LogP contribution is 2.26. The molecule has 0 saturated carbocycles. The maximum Gasteiger partial charge on any atom is 0.258 e. The highest BCUT2D eigenvalue weighted by molar-refractivity contribution is 7.90. The summed E-state index contributed by atoms with van der Waals surface area (Å²) in [4.78, 5) is 12.3. The minimum atomic E-state index is -3.33. The third-order valence-electron chi connectivity index (χ3n) is 3.83. The molecule has 2 rings (SSSR count). The van der Waals surface area contributed by atoms with E-state index in [4.69, 9.17) is 9.47 Å². The van der Waals surface area contributed by atoms with E-state index in [2.05, 4.69) is 5.32 Å². The van der Waals surface area contributed by atoms with Gasteiger partial charge in [-0.2, -0.15) is 0 Å². The summed E-state index contributed by atoms with van der Waals surface area (Å²) >= 11 is 0. The second-order valence-electron chi connectivity index (χ2n) is 6.07. The number of rotatable bonds is 7. The van der Waals surface area contributed by atoms with Crippen LogP contribution in [-0.4, -0.2) is 34.3 Å². The molecule has 0 unspecified atom stereocenters. The van der Waals surface area contributed by atoms with Crippen molar-refractivity contribution in [3.63, 3.8) is 0 Å². The van der Waals surface area contributed by atoms with Gasteiger partial charge in [0.25, 0.3) is 5.91 Å². The molecule has 1 atom stereocenters. The Kier molecular flexibility index (Phi) is 6.26. The van der Waals surface area contributed by atoms with Gasteiger partial charge in [-0.05, 0) is 38.1 Å². The van der Waals surface area contributed by atoms with Crippen molar-refractivity contribution in [2.75, 3.05) is 20.0 Å². The number of carbonyl (C=O) groups is 1. The first-order chi connectivity index (χ1) is 12.2. The zero-order chi connectivity index (χ0) is 19.3. The number of benzene rings is 2. The van der Waals surface area contributed by atoms with Gasteiger partial charge in [-0.15, -0.1) is 0 Å². The number of aryl methyl sites for hydroxylation is 1. The smallest absolute Gasteiger partial charge is 0.258 e. The van der Waals surface area contributed by atoms with E-state index in [1.165, 1.54) is 12.1 Å². The van der Waals surface area contributed by atoms with Crippen molar-refractivity contribution in [3.05, 3.63) is 53.6 Å². The monoisotopic (exact) mass is 377 g/mol. The Morgan fingerprint density at radius 3 is 2.58 bits per heavy atom. The lowest BCUT2D eigenvalue weighted by molar-refractivity contribution is -0.123. The minimum Gasteiger partial charge on any atom is -0.496 e. The Morgan fingerprint density at radius 1 is 1.19 bits per heavy atom. The van der Waals surface area contributed by atoms with Crippen LogP contribution in [0.3, 0.4) is 0 Å². The third-order valence-corrected chi connectivity index (χ3v) is 4.94. The van der Waals surface area contributed by atoms with Crippen LogP contribution in [0.2, 0.25) is 0 Å². The summed E-state index contributed by atoms with van der Waals surface area (Å²) in [5.41, 5.74) is 1.94. The lowest BCUT2D eigenvalue weighted by Crippen LogP contribution is -2.31. The van der Waals surface area contributed by atoms with E-state index in [-0.39, 0.29) is 23.5 Å². The van der Waals surface area contributed by atoms with E-state index in [0.29, 0.717) is 11.5 Å². The van der Waals surface area contributed by atoms with Crippen LogP contribution in [0.5, 0.6) is 11.5 Å². The van der Waals surface area contributed by atoms with E-state index in [0.717, 1.165) is 17.4 Å². The zero-order valence-corrected chi connectivity index (χ0v) is 16.1. The Labute approximate surface area is 154 Å². The zero-order valence-electron chi connectivity index (χ0n) is 15.3. The van der Waals surface area contributed by atoms with Gasteiger partial charge in [-0.25, -0.2) is 8.42 Å². The summed E-state index contributed by atoms with van der Waals surface area (Å²) in [5.74, 6) is 0.708. The standard InChI is InChI=1S/C19H23NO5S/c1-13-8-9-18(24-3)17(10-13)14(2)20-19(21)12-25-15-6-5-7-16(11-15)26(4,22)23/h5-11,14H,12H2,1-4H3,(H,20,21)/t14-/m1/s1. The quantitative estimate of drug-likeness (QED) is 0.802. The summed E-state index contributed by atoms with van der Waals surface area (Å²) in [6, 6.07) is 11.6. The van der Waals surface area contributed by atoms with E-state index < -0.39 is 9.84 Å². The van der Waals surface area contributed by atoms with Crippen molar-refractivity contribution in [1.29, 1.82) is 0 Å². The fourth-order valence-corrected chi connectivity index (χ4v) is 3.15. The number of hydrogen-bond acceptors (Lipinski definition) is 5. The van der Waals surface area contributed by atoms with Gasteiger partial charge in [0, 0.05) is 11.8 Å². The lowest BCUT2D eigenvalue weighted by atomic mass is 10.0. The minimum absolute atomic E-state index is 0.147. The Balaban J connectivity index is 2.00. The van der Waals surface area contributed by atoms with Crippen LogP contribution >= 0.6 is 0 Å². The molecule has 0 fully saturated rings. The molecular formula is C19H23NO5S. The van der Waals surface area contributed by atoms with Gasteiger partial charge in [-0.3, -0.25) is 4.79 Å². The molecule has 0 aliphatic rings. The third kappa shape index (κ3) is 5.23. The highest BCUT2D eigenvalue weighted by Gasteiger charge is 2.15. The molecule has 1 amide bonds. The average Bonchev–Trinajstić information content (AvgIpc) is 2.59. The largest absolute Gasteiger partial charge is 0.496 e. The average molecular weight is 377 g/mol. The van der Waals surface area contributed by atoms with Crippen LogP contribution in [0, 0.1) is 6.92 Å². The van der Waals surface area contributed by atoms with E-state index in [1.807, 2.05) is 32.0 Å². The molecule has 0 aliphatic carbocycles. The molecule has 2 aromatic rings. The van der Waals surface area contributed by atoms with Gasteiger partial charge in [0.05, 0.1) is 18.0 Å². The summed E-state index contributed by atoms with van der Waals surface area (Å²) in [7, 11) is -1.74. The van der Waals surface area contributed by atoms with Crippen LogP contribution in [0.25, 0.3) is 0 Å². The van der Waals surface area contributed by atoms with Crippen LogP contribution < -0.4 is 14.8 Å². The molecule has 7 heteroatoms. The molecule has 0 saturated heterocycles. The van der Waals surface area contributed by atoms with Crippen LogP contribution in [-0.2, 0) is 14.6 Å². The molecule has 26 heavy (non-hydrogen) atoms. The number of ether oxygens (including phenoxy) is 2.